The molecular weight excluding hydrogens is 344 g/mol. The molecule has 0 aliphatic rings. The van der Waals surface area contributed by atoms with Crippen molar-refractivity contribution in [3.05, 3.63) is 74.9 Å². The number of benzene rings is 2. The highest BCUT2D eigenvalue weighted by Crippen LogP contribution is 2.27. The van der Waals surface area contributed by atoms with Gasteiger partial charge >= 0.3 is 11.3 Å². The zero-order chi connectivity index (χ0) is 19.0. The molecule has 0 radical (unpaired) electrons. The molecule has 4 aromatic rings. The average Bonchev–Trinajstić information content (AvgIpc) is 2.65. The minimum absolute atomic E-state index is 0.188. The van der Waals surface area contributed by atoms with Crippen LogP contribution in [0, 0.1) is 6.92 Å². The molecule has 2 aromatic carbocycles. The fraction of sp³-hybridized carbons (Fsp3) is 0.143. The molecule has 0 spiro atoms. The van der Waals surface area contributed by atoms with Gasteiger partial charge in [-0.15, -0.1) is 0 Å². The van der Waals surface area contributed by atoms with Crippen LogP contribution in [-0.2, 0) is 0 Å². The molecular formula is C21H18N2O4. The first-order chi connectivity index (χ1) is 13.1. The molecule has 2 N–H and O–H groups in total. The standard InChI is InChI=1S/C21H18N2O4/c1-3-22-14-8-9-15-12(2)19(21(25)27-18(15)11-14)23-16-10-13-6-4-5-7-17(13)26-20(16)24/h4-11,22-23H,3H2,1-2H3. The van der Waals surface area contributed by atoms with E-state index in [1.807, 2.05) is 38.1 Å². The molecule has 6 nitrogen and oxygen atoms in total. The topological polar surface area (TPSA) is 84.5 Å². The smallest absolute Gasteiger partial charge is 0.360 e. The molecule has 6 heteroatoms. The minimum atomic E-state index is -0.546. The second-order valence-corrected chi connectivity index (χ2v) is 6.24. The quantitative estimate of drug-likeness (QED) is 0.524. The Balaban J connectivity index is 1.82. The molecule has 0 amide bonds. The third kappa shape index (κ3) is 3.06. The van der Waals surface area contributed by atoms with Crippen molar-refractivity contribution >= 4 is 39.0 Å². The molecule has 0 fully saturated rings. The van der Waals surface area contributed by atoms with Gasteiger partial charge in [0.15, 0.2) is 0 Å². The highest BCUT2D eigenvalue weighted by Gasteiger charge is 2.14. The van der Waals surface area contributed by atoms with Gasteiger partial charge in [0.1, 0.15) is 22.5 Å². The zero-order valence-corrected chi connectivity index (χ0v) is 15.0. The summed E-state index contributed by atoms with van der Waals surface area (Å²) in [5, 5.41) is 7.65. The summed E-state index contributed by atoms with van der Waals surface area (Å²) in [7, 11) is 0. The van der Waals surface area contributed by atoms with Crippen molar-refractivity contribution in [2.45, 2.75) is 13.8 Å². The Morgan fingerprint density at radius 1 is 0.926 bits per heavy atom. The fourth-order valence-corrected chi connectivity index (χ4v) is 3.10. The predicted octanol–water partition coefficient (Wildman–Crippen LogP) is 4.38. The molecule has 2 aromatic heterocycles. The van der Waals surface area contributed by atoms with Crippen LogP contribution in [0.5, 0.6) is 0 Å². The van der Waals surface area contributed by atoms with Gasteiger partial charge in [0, 0.05) is 29.1 Å². The number of hydrogen-bond acceptors (Lipinski definition) is 6. The van der Waals surface area contributed by atoms with Crippen LogP contribution in [0.25, 0.3) is 21.9 Å². The van der Waals surface area contributed by atoms with Gasteiger partial charge in [-0.3, -0.25) is 0 Å². The zero-order valence-electron chi connectivity index (χ0n) is 15.0. The number of hydrogen-bond donors (Lipinski definition) is 2. The van der Waals surface area contributed by atoms with E-state index >= 15 is 0 Å². The lowest BCUT2D eigenvalue weighted by Crippen LogP contribution is -2.14. The second-order valence-electron chi connectivity index (χ2n) is 6.24. The summed E-state index contributed by atoms with van der Waals surface area (Å²) in [6.45, 7) is 4.58. The first-order valence-electron chi connectivity index (χ1n) is 8.68. The van der Waals surface area contributed by atoms with Gasteiger partial charge in [-0.05, 0) is 43.7 Å². The largest absolute Gasteiger partial charge is 0.421 e. The lowest BCUT2D eigenvalue weighted by atomic mass is 10.1. The fourth-order valence-electron chi connectivity index (χ4n) is 3.10. The highest BCUT2D eigenvalue weighted by molar-refractivity contribution is 5.88. The lowest BCUT2D eigenvalue weighted by Gasteiger charge is -2.11. The molecule has 0 aliphatic heterocycles. The summed E-state index contributed by atoms with van der Waals surface area (Å²) < 4.78 is 10.8. The Bertz CT molecular complexity index is 1270. The molecule has 0 unspecified atom stereocenters. The Kier molecular flexibility index (Phi) is 4.16. The van der Waals surface area contributed by atoms with Crippen LogP contribution in [-0.4, -0.2) is 6.54 Å². The minimum Gasteiger partial charge on any atom is -0.421 e. The van der Waals surface area contributed by atoms with Gasteiger partial charge in [-0.25, -0.2) is 9.59 Å². The van der Waals surface area contributed by atoms with Crippen LogP contribution in [0.4, 0.5) is 17.1 Å². The van der Waals surface area contributed by atoms with Crippen LogP contribution in [0.3, 0.4) is 0 Å². The predicted molar refractivity (Wildman–Crippen MR) is 107 cm³/mol. The van der Waals surface area contributed by atoms with Crippen molar-refractivity contribution < 1.29 is 8.83 Å². The number of anilines is 3. The van der Waals surface area contributed by atoms with Crippen LogP contribution >= 0.6 is 0 Å². The third-order valence-electron chi connectivity index (χ3n) is 4.45. The van der Waals surface area contributed by atoms with Gasteiger partial charge < -0.3 is 19.5 Å². The van der Waals surface area contributed by atoms with Crippen LogP contribution < -0.4 is 21.9 Å². The summed E-state index contributed by atoms with van der Waals surface area (Å²) >= 11 is 0. The molecule has 0 aliphatic carbocycles. The first kappa shape index (κ1) is 16.9. The van der Waals surface area contributed by atoms with E-state index in [1.165, 1.54) is 0 Å². The number of nitrogens with one attached hydrogen (secondary N) is 2. The Hall–Kier alpha value is -3.54. The van der Waals surface area contributed by atoms with E-state index in [0.717, 1.165) is 23.0 Å². The normalized spacial score (nSPS) is 11.0. The molecule has 0 bridgehead atoms. The van der Waals surface area contributed by atoms with E-state index in [1.54, 1.807) is 24.3 Å². The van der Waals surface area contributed by atoms with E-state index in [-0.39, 0.29) is 11.4 Å². The maximum Gasteiger partial charge on any atom is 0.360 e. The Labute approximate surface area is 154 Å². The summed E-state index contributed by atoms with van der Waals surface area (Å²) in [5.41, 5.74) is 1.89. The number of para-hydroxylation sites is 1. The molecule has 0 atom stereocenters. The van der Waals surface area contributed by atoms with Crippen LogP contribution in [0.2, 0.25) is 0 Å². The van der Waals surface area contributed by atoms with Gasteiger partial charge in [-0.1, -0.05) is 18.2 Å². The highest BCUT2D eigenvalue weighted by atomic mass is 16.4. The van der Waals surface area contributed by atoms with E-state index < -0.39 is 11.3 Å². The molecule has 4 rings (SSSR count). The lowest BCUT2D eigenvalue weighted by molar-refractivity contribution is 0.559. The van der Waals surface area contributed by atoms with E-state index in [2.05, 4.69) is 10.6 Å². The SMILES string of the molecule is CCNc1ccc2c(C)c(Nc3cc4ccccc4oc3=O)c(=O)oc2c1. The maximum absolute atomic E-state index is 12.5. The van der Waals surface area contributed by atoms with Crippen molar-refractivity contribution in [1.82, 2.24) is 0 Å². The van der Waals surface area contributed by atoms with Crippen molar-refractivity contribution in [3.8, 4) is 0 Å². The van der Waals surface area contributed by atoms with Crippen molar-refractivity contribution in [2.24, 2.45) is 0 Å². The third-order valence-corrected chi connectivity index (χ3v) is 4.45. The van der Waals surface area contributed by atoms with Crippen LogP contribution in [0.1, 0.15) is 12.5 Å². The molecule has 0 saturated heterocycles. The molecule has 0 saturated carbocycles. The van der Waals surface area contributed by atoms with Gasteiger partial charge in [0.2, 0.25) is 0 Å². The summed E-state index contributed by atoms with van der Waals surface area (Å²) in [6.07, 6.45) is 0. The first-order valence-corrected chi connectivity index (χ1v) is 8.68. The number of fused-ring (bicyclic) bond motifs is 2. The van der Waals surface area contributed by atoms with Crippen molar-refractivity contribution in [1.29, 1.82) is 0 Å². The average molecular weight is 362 g/mol. The van der Waals surface area contributed by atoms with Crippen LogP contribution in [0.15, 0.2) is 67.0 Å². The molecule has 2 heterocycles. The number of aryl methyl sites for hydroxylation is 1. The summed E-state index contributed by atoms with van der Waals surface area (Å²) in [6, 6.07) is 14.5. The van der Waals surface area contributed by atoms with Gasteiger partial charge in [-0.2, -0.15) is 0 Å². The second kappa shape index (κ2) is 6.64. The Morgan fingerprint density at radius 2 is 1.70 bits per heavy atom. The monoisotopic (exact) mass is 362 g/mol. The van der Waals surface area contributed by atoms with Gasteiger partial charge in [0.05, 0.1) is 0 Å². The van der Waals surface area contributed by atoms with Gasteiger partial charge in [0.25, 0.3) is 0 Å². The molecule has 136 valence electrons. The van der Waals surface area contributed by atoms with Crippen molar-refractivity contribution in [2.75, 3.05) is 17.2 Å². The van der Waals surface area contributed by atoms with E-state index in [4.69, 9.17) is 8.83 Å². The summed E-state index contributed by atoms with van der Waals surface area (Å²) in [4.78, 5) is 24.8. The van der Waals surface area contributed by atoms with E-state index in [0.29, 0.717) is 16.7 Å². The Morgan fingerprint density at radius 3 is 2.52 bits per heavy atom. The van der Waals surface area contributed by atoms with E-state index in [9.17, 15) is 9.59 Å². The molecule has 27 heavy (non-hydrogen) atoms. The van der Waals surface area contributed by atoms with Crippen molar-refractivity contribution in [3.63, 3.8) is 0 Å². The maximum atomic E-state index is 12.5. The number of rotatable bonds is 4. The summed E-state index contributed by atoms with van der Waals surface area (Å²) in [5.74, 6) is 0.